The topological polar surface area (TPSA) is 71.1 Å². The fourth-order valence-electron chi connectivity index (χ4n) is 8.11. The van der Waals surface area contributed by atoms with Gasteiger partial charge in [0.05, 0.1) is 37.3 Å². The van der Waals surface area contributed by atoms with E-state index in [1.807, 2.05) is 0 Å². The minimum atomic E-state index is -0.282. The minimum Gasteiger partial charge on any atom is -0.463 e. The Labute approximate surface area is 205 Å². The minimum absolute atomic E-state index is 0.0383. The summed E-state index contributed by atoms with van der Waals surface area (Å²) in [5, 5.41) is 0. The molecule has 0 aromatic carbocycles. The number of carbonyl (C=O) groups excluding carboxylic acids is 2. The van der Waals surface area contributed by atoms with E-state index in [1.54, 1.807) is 0 Å². The Bertz CT molecular complexity index is 711. The summed E-state index contributed by atoms with van der Waals surface area (Å²) in [6.07, 6.45) is 6.58. The maximum Gasteiger partial charge on any atom is 0.313 e. The molecule has 0 N–H and O–H groups in total. The molecular weight excluding hydrogens is 432 g/mol. The first-order chi connectivity index (χ1) is 16.0. The zero-order valence-electron chi connectivity index (χ0n) is 22.2. The van der Waals surface area contributed by atoms with Gasteiger partial charge in [-0.15, -0.1) is 0 Å². The molecule has 6 heteroatoms. The molecule has 194 valence electrons. The Morgan fingerprint density at radius 3 is 1.35 bits per heavy atom. The summed E-state index contributed by atoms with van der Waals surface area (Å²) in [6, 6.07) is 0. The lowest BCUT2D eigenvalue weighted by atomic mass is 9.80. The molecule has 0 aromatic rings. The molecule has 4 saturated carbocycles. The molecule has 0 spiro atoms. The van der Waals surface area contributed by atoms with E-state index in [0.29, 0.717) is 50.1 Å². The third-order valence-corrected chi connectivity index (χ3v) is 10.3. The van der Waals surface area contributed by atoms with Crippen LogP contribution in [0, 0.1) is 45.3 Å². The van der Waals surface area contributed by atoms with Crippen LogP contribution in [0.5, 0.6) is 0 Å². The predicted octanol–water partition coefficient (Wildman–Crippen LogP) is 5.03. The maximum absolute atomic E-state index is 12.8. The zero-order valence-corrected chi connectivity index (χ0v) is 22.2. The number of hydrogen-bond donors (Lipinski definition) is 0. The van der Waals surface area contributed by atoms with Crippen molar-refractivity contribution in [1.29, 1.82) is 0 Å². The Morgan fingerprint density at radius 2 is 0.971 bits per heavy atom. The molecule has 0 aliphatic heterocycles. The molecule has 0 amide bonds. The van der Waals surface area contributed by atoms with Crippen molar-refractivity contribution in [1.82, 2.24) is 0 Å². The highest BCUT2D eigenvalue weighted by molar-refractivity contribution is 5.83. The summed E-state index contributed by atoms with van der Waals surface area (Å²) in [6.45, 7) is 15.5. The zero-order chi connectivity index (χ0) is 24.8. The fourth-order valence-corrected chi connectivity index (χ4v) is 8.11. The van der Waals surface area contributed by atoms with Crippen molar-refractivity contribution in [2.75, 3.05) is 39.6 Å². The van der Waals surface area contributed by atoms with E-state index >= 15 is 0 Å². The highest BCUT2D eigenvalue weighted by Crippen LogP contribution is 2.76. The second kappa shape index (κ2) is 9.38. The average Bonchev–Trinajstić information content (AvgIpc) is 3.50. The SMILES string of the molecule is CC1CCC2C(C)(C)C2(C(=O)OCCOCCOCCOC(=O)C23CC(C)CCC2C3(C)C)C1. The molecule has 6 atom stereocenters. The molecule has 4 aliphatic carbocycles. The first kappa shape index (κ1) is 25.9. The molecule has 34 heavy (non-hydrogen) atoms. The predicted molar refractivity (Wildman–Crippen MR) is 129 cm³/mol. The van der Waals surface area contributed by atoms with Gasteiger partial charge in [-0.05, 0) is 60.2 Å². The van der Waals surface area contributed by atoms with Crippen molar-refractivity contribution in [3.8, 4) is 0 Å². The van der Waals surface area contributed by atoms with E-state index in [-0.39, 0.29) is 46.8 Å². The summed E-state index contributed by atoms with van der Waals surface area (Å²) in [4.78, 5) is 25.7. The van der Waals surface area contributed by atoms with Crippen molar-refractivity contribution < 1.29 is 28.5 Å². The van der Waals surface area contributed by atoms with Crippen molar-refractivity contribution in [3.05, 3.63) is 0 Å². The molecule has 0 bridgehead atoms. The van der Waals surface area contributed by atoms with Gasteiger partial charge >= 0.3 is 11.9 Å². The van der Waals surface area contributed by atoms with Crippen molar-refractivity contribution in [2.45, 2.75) is 80.1 Å². The van der Waals surface area contributed by atoms with E-state index < -0.39 is 0 Å². The number of fused-ring (bicyclic) bond motifs is 2. The third-order valence-electron chi connectivity index (χ3n) is 10.3. The molecule has 0 radical (unpaired) electrons. The first-order valence-electron chi connectivity index (χ1n) is 13.5. The van der Waals surface area contributed by atoms with Gasteiger partial charge in [-0.3, -0.25) is 9.59 Å². The second-order valence-electron chi connectivity index (χ2n) is 12.8. The van der Waals surface area contributed by atoms with Crippen molar-refractivity contribution in [3.63, 3.8) is 0 Å². The largest absolute Gasteiger partial charge is 0.463 e. The van der Waals surface area contributed by atoms with Gasteiger partial charge in [0.15, 0.2) is 0 Å². The Hall–Kier alpha value is -1.14. The van der Waals surface area contributed by atoms with Crippen molar-refractivity contribution in [2.24, 2.45) is 45.3 Å². The highest BCUT2D eigenvalue weighted by Gasteiger charge is 2.77. The van der Waals surface area contributed by atoms with Crippen LogP contribution in [0.25, 0.3) is 0 Å². The van der Waals surface area contributed by atoms with Crippen LogP contribution in [0.4, 0.5) is 0 Å². The quantitative estimate of drug-likeness (QED) is 0.306. The van der Waals surface area contributed by atoms with E-state index in [2.05, 4.69) is 41.5 Å². The van der Waals surface area contributed by atoms with Gasteiger partial charge in [-0.1, -0.05) is 54.4 Å². The fraction of sp³-hybridized carbons (Fsp3) is 0.929. The molecule has 0 saturated heterocycles. The van der Waals surface area contributed by atoms with Crippen LogP contribution in [0.3, 0.4) is 0 Å². The lowest BCUT2D eigenvalue weighted by molar-refractivity contribution is -0.157. The smallest absolute Gasteiger partial charge is 0.313 e. The Kier molecular flexibility index (Phi) is 7.16. The molecule has 4 rings (SSSR count). The van der Waals surface area contributed by atoms with Crippen molar-refractivity contribution >= 4 is 11.9 Å². The summed E-state index contributed by atoms with van der Waals surface area (Å²) < 4.78 is 22.4. The summed E-state index contributed by atoms with van der Waals surface area (Å²) in [5.74, 6) is 2.02. The third kappa shape index (κ3) is 4.11. The standard InChI is InChI=1S/C28H46O6/c1-19-7-9-21-25(3,4)27(21,17-19)23(29)33-15-13-31-11-12-32-14-16-34-24(30)28-18-20(2)8-10-22(28)26(28,5)6/h19-22H,7-18H2,1-6H3. The van der Waals surface area contributed by atoms with E-state index in [0.717, 1.165) is 25.7 Å². The second-order valence-corrected chi connectivity index (χ2v) is 12.8. The van der Waals surface area contributed by atoms with Gasteiger partial charge in [0, 0.05) is 0 Å². The number of ether oxygens (including phenoxy) is 4. The summed E-state index contributed by atoms with van der Waals surface area (Å²) in [5.41, 5.74) is -0.456. The lowest BCUT2D eigenvalue weighted by Crippen LogP contribution is -2.30. The van der Waals surface area contributed by atoms with Crippen LogP contribution < -0.4 is 0 Å². The Morgan fingerprint density at radius 1 is 0.618 bits per heavy atom. The molecular formula is C28H46O6. The van der Waals surface area contributed by atoms with Gasteiger partial charge in [-0.2, -0.15) is 0 Å². The maximum atomic E-state index is 12.8. The monoisotopic (exact) mass is 478 g/mol. The molecule has 0 heterocycles. The molecule has 4 fully saturated rings. The van der Waals surface area contributed by atoms with Gasteiger partial charge in [-0.25, -0.2) is 0 Å². The highest BCUT2D eigenvalue weighted by atomic mass is 16.6. The number of carbonyl (C=O) groups is 2. The van der Waals surface area contributed by atoms with Crippen LogP contribution in [0.2, 0.25) is 0 Å². The van der Waals surface area contributed by atoms with Gasteiger partial charge in [0.2, 0.25) is 0 Å². The lowest BCUT2D eigenvalue weighted by Gasteiger charge is -2.26. The van der Waals surface area contributed by atoms with E-state index in [1.165, 1.54) is 12.8 Å². The van der Waals surface area contributed by atoms with Gasteiger partial charge in [0.25, 0.3) is 0 Å². The van der Waals surface area contributed by atoms with Gasteiger partial charge < -0.3 is 18.9 Å². The molecule has 4 aliphatic rings. The van der Waals surface area contributed by atoms with Crippen LogP contribution in [-0.2, 0) is 28.5 Å². The van der Waals surface area contributed by atoms with Crippen LogP contribution in [0.1, 0.15) is 80.1 Å². The van der Waals surface area contributed by atoms with E-state index in [4.69, 9.17) is 18.9 Å². The van der Waals surface area contributed by atoms with Crippen LogP contribution >= 0.6 is 0 Å². The molecule has 6 nitrogen and oxygen atoms in total. The van der Waals surface area contributed by atoms with Gasteiger partial charge in [0.1, 0.15) is 13.2 Å². The van der Waals surface area contributed by atoms with E-state index in [9.17, 15) is 9.59 Å². The van der Waals surface area contributed by atoms with Crippen LogP contribution in [0.15, 0.2) is 0 Å². The summed E-state index contributed by atoms with van der Waals surface area (Å²) in [7, 11) is 0. The number of hydrogen-bond acceptors (Lipinski definition) is 6. The number of rotatable bonds is 11. The molecule has 0 aromatic heterocycles. The first-order valence-corrected chi connectivity index (χ1v) is 13.5. The summed E-state index contributed by atoms with van der Waals surface area (Å²) >= 11 is 0. The van der Waals surface area contributed by atoms with Crippen LogP contribution in [-0.4, -0.2) is 51.6 Å². The average molecular weight is 479 g/mol. The Balaban J connectivity index is 1.04. The number of esters is 2. The molecule has 6 unspecified atom stereocenters. The normalized spacial score (nSPS) is 38.9.